The molecule has 0 saturated heterocycles. The number of methoxy groups -OCH3 is 3. The fraction of sp³-hybridized carbons (Fsp3) is 0.833. The van der Waals surface area contributed by atoms with Gasteiger partial charge in [0.05, 0.1) is 32.2 Å². The Morgan fingerprint density at radius 2 is 1.71 bits per heavy atom. The van der Waals surface area contributed by atoms with Crippen LogP contribution in [-0.2, 0) is 23.8 Å². The summed E-state index contributed by atoms with van der Waals surface area (Å²) in [4.78, 5) is 23.2. The van der Waals surface area contributed by atoms with Crippen molar-refractivity contribution < 1.29 is 23.8 Å². The largest absolute Gasteiger partial charge is 0.469 e. The minimum atomic E-state index is -0.589. The van der Waals surface area contributed by atoms with Crippen molar-refractivity contribution in [1.82, 2.24) is 0 Å². The van der Waals surface area contributed by atoms with Crippen molar-refractivity contribution in [1.29, 1.82) is 0 Å². The molecule has 0 aliphatic heterocycles. The number of hydrogen-bond acceptors (Lipinski definition) is 5. The van der Waals surface area contributed by atoms with Crippen LogP contribution in [0.1, 0.15) is 25.7 Å². The Balaban J connectivity index is 2.67. The van der Waals surface area contributed by atoms with E-state index in [4.69, 9.17) is 14.2 Å². The molecule has 1 rings (SSSR count). The van der Waals surface area contributed by atoms with Crippen molar-refractivity contribution in [3.63, 3.8) is 0 Å². The monoisotopic (exact) mass is 244 g/mol. The summed E-state index contributed by atoms with van der Waals surface area (Å²) in [7, 11) is 4.34. The minimum absolute atomic E-state index is 0.102. The molecule has 1 aliphatic rings. The third kappa shape index (κ3) is 2.97. The molecular weight excluding hydrogens is 224 g/mol. The molecule has 5 nitrogen and oxygen atoms in total. The van der Waals surface area contributed by atoms with Gasteiger partial charge in [0.2, 0.25) is 0 Å². The van der Waals surface area contributed by atoms with E-state index in [9.17, 15) is 9.59 Å². The van der Waals surface area contributed by atoms with E-state index >= 15 is 0 Å². The summed E-state index contributed by atoms with van der Waals surface area (Å²) in [6.07, 6.45) is 2.50. The van der Waals surface area contributed by atoms with Crippen LogP contribution in [0.4, 0.5) is 0 Å². The lowest BCUT2D eigenvalue weighted by Crippen LogP contribution is -2.41. The van der Waals surface area contributed by atoms with Crippen LogP contribution >= 0.6 is 0 Å². The van der Waals surface area contributed by atoms with Crippen molar-refractivity contribution in [2.75, 3.05) is 27.9 Å². The van der Waals surface area contributed by atoms with E-state index in [-0.39, 0.29) is 17.9 Å². The first-order valence-electron chi connectivity index (χ1n) is 5.75. The number of ether oxygens (including phenoxy) is 3. The van der Waals surface area contributed by atoms with Gasteiger partial charge in [0.15, 0.2) is 0 Å². The Morgan fingerprint density at radius 1 is 1.12 bits per heavy atom. The van der Waals surface area contributed by atoms with Crippen LogP contribution in [-0.4, -0.2) is 39.9 Å². The third-order valence-electron chi connectivity index (χ3n) is 3.52. The van der Waals surface area contributed by atoms with Crippen LogP contribution in [0.2, 0.25) is 0 Å². The maximum absolute atomic E-state index is 11.8. The highest BCUT2D eigenvalue weighted by molar-refractivity contribution is 5.78. The Kier molecular flexibility index (Phi) is 4.93. The molecule has 0 spiro atoms. The molecule has 1 saturated carbocycles. The van der Waals surface area contributed by atoms with Crippen LogP contribution in [0.5, 0.6) is 0 Å². The minimum Gasteiger partial charge on any atom is -0.469 e. The first kappa shape index (κ1) is 14.0. The summed E-state index contributed by atoms with van der Waals surface area (Å²) < 4.78 is 14.7. The zero-order valence-electron chi connectivity index (χ0n) is 10.7. The van der Waals surface area contributed by atoms with Crippen LogP contribution in [0.3, 0.4) is 0 Å². The van der Waals surface area contributed by atoms with E-state index in [0.717, 1.165) is 0 Å². The predicted molar refractivity (Wildman–Crippen MR) is 60.3 cm³/mol. The first-order chi connectivity index (χ1) is 8.09. The van der Waals surface area contributed by atoms with Crippen molar-refractivity contribution in [2.45, 2.75) is 25.7 Å². The second-order valence-electron chi connectivity index (χ2n) is 4.50. The average Bonchev–Trinajstić information content (AvgIpc) is 2.38. The number of carbonyl (C=O) groups is 2. The predicted octanol–water partition coefficient (Wildman–Crippen LogP) is 1.16. The molecule has 0 radical (unpaired) electrons. The average molecular weight is 244 g/mol. The smallest absolute Gasteiger partial charge is 0.314 e. The lowest BCUT2D eigenvalue weighted by molar-refractivity contribution is -0.162. The van der Waals surface area contributed by atoms with Crippen LogP contribution in [0.25, 0.3) is 0 Å². The van der Waals surface area contributed by atoms with Gasteiger partial charge in [-0.2, -0.15) is 0 Å². The molecule has 0 N–H and O–H groups in total. The van der Waals surface area contributed by atoms with Gasteiger partial charge in [0, 0.05) is 7.11 Å². The summed E-state index contributed by atoms with van der Waals surface area (Å²) in [5.74, 6) is -0.543. The SMILES string of the molecule is COC[C@]1(C(=O)OC)CC[C@H](C(=O)OC)CC1. The van der Waals surface area contributed by atoms with Gasteiger partial charge in [-0.05, 0) is 25.7 Å². The van der Waals surface area contributed by atoms with Crippen LogP contribution < -0.4 is 0 Å². The molecule has 0 aromatic rings. The van der Waals surface area contributed by atoms with Crippen molar-refractivity contribution >= 4 is 11.9 Å². The molecule has 0 aromatic heterocycles. The molecule has 0 amide bonds. The Labute approximate surface area is 101 Å². The lowest BCUT2D eigenvalue weighted by atomic mass is 9.71. The lowest BCUT2D eigenvalue weighted by Gasteiger charge is -2.36. The number of hydrogen-bond donors (Lipinski definition) is 0. The highest BCUT2D eigenvalue weighted by atomic mass is 16.5. The van der Waals surface area contributed by atoms with E-state index in [2.05, 4.69) is 0 Å². The third-order valence-corrected chi connectivity index (χ3v) is 3.52. The van der Waals surface area contributed by atoms with Gasteiger partial charge in [-0.25, -0.2) is 0 Å². The van der Waals surface area contributed by atoms with Gasteiger partial charge in [-0.3, -0.25) is 9.59 Å². The number of rotatable bonds is 4. The zero-order valence-corrected chi connectivity index (χ0v) is 10.7. The summed E-state index contributed by atoms with van der Waals surface area (Å²) in [6.45, 7) is 0.341. The fourth-order valence-electron chi connectivity index (χ4n) is 2.47. The summed E-state index contributed by atoms with van der Waals surface area (Å²) >= 11 is 0. The molecule has 98 valence electrons. The van der Waals surface area contributed by atoms with E-state index in [1.54, 1.807) is 7.11 Å². The highest BCUT2D eigenvalue weighted by Crippen LogP contribution is 2.40. The molecule has 0 atom stereocenters. The topological polar surface area (TPSA) is 61.8 Å². The van der Waals surface area contributed by atoms with Gasteiger partial charge >= 0.3 is 11.9 Å². The van der Waals surface area contributed by atoms with Gasteiger partial charge in [0.25, 0.3) is 0 Å². The summed E-state index contributed by atoms with van der Waals surface area (Å²) in [6, 6.07) is 0. The normalized spacial score (nSPS) is 28.5. The molecule has 0 heterocycles. The van der Waals surface area contributed by atoms with Gasteiger partial charge in [0.1, 0.15) is 0 Å². The van der Waals surface area contributed by atoms with E-state index in [1.165, 1.54) is 14.2 Å². The molecular formula is C12H20O5. The zero-order chi connectivity index (χ0) is 12.9. The van der Waals surface area contributed by atoms with Crippen LogP contribution in [0.15, 0.2) is 0 Å². The van der Waals surface area contributed by atoms with Gasteiger partial charge < -0.3 is 14.2 Å². The fourth-order valence-corrected chi connectivity index (χ4v) is 2.47. The molecule has 5 heteroatoms. The Morgan fingerprint density at radius 3 is 2.12 bits per heavy atom. The molecule has 0 bridgehead atoms. The van der Waals surface area contributed by atoms with E-state index in [0.29, 0.717) is 32.3 Å². The van der Waals surface area contributed by atoms with Gasteiger partial charge in [-0.15, -0.1) is 0 Å². The van der Waals surface area contributed by atoms with Crippen molar-refractivity contribution in [2.24, 2.45) is 11.3 Å². The Bertz CT molecular complexity index is 279. The quantitative estimate of drug-likeness (QED) is 0.694. The molecule has 17 heavy (non-hydrogen) atoms. The van der Waals surface area contributed by atoms with E-state index < -0.39 is 5.41 Å². The molecule has 0 aromatic carbocycles. The molecule has 0 unspecified atom stereocenters. The van der Waals surface area contributed by atoms with Crippen LogP contribution in [0, 0.1) is 11.3 Å². The number of carbonyl (C=O) groups excluding carboxylic acids is 2. The van der Waals surface area contributed by atoms with Gasteiger partial charge in [-0.1, -0.05) is 0 Å². The maximum Gasteiger partial charge on any atom is 0.314 e. The Hall–Kier alpha value is -1.10. The molecule has 1 aliphatic carbocycles. The molecule has 1 fully saturated rings. The highest BCUT2D eigenvalue weighted by Gasteiger charge is 2.44. The summed E-state index contributed by atoms with van der Waals surface area (Å²) in [5.41, 5.74) is -0.589. The van der Waals surface area contributed by atoms with E-state index in [1.807, 2.05) is 0 Å². The second kappa shape index (κ2) is 6.00. The second-order valence-corrected chi connectivity index (χ2v) is 4.50. The van der Waals surface area contributed by atoms with Crippen molar-refractivity contribution in [3.05, 3.63) is 0 Å². The first-order valence-corrected chi connectivity index (χ1v) is 5.75. The maximum atomic E-state index is 11.8. The standard InChI is InChI=1S/C12H20O5/c1-15-8-12(11(14)17-3)6-4-9(5-7-12)10(13)16-2/h9H,4-8H2,1-3H3/t9-,12-. The van der Waals surface area contributed by atoms with Crippen molar-refractivity contribution in [3.8, 4) is 0 Å². The summed E-state index contributed by atoms with van der Waals surface area (Å²) in [5, 5.41) is 0. The number of esters is 2.